The molecule has 0 bridgehead atoms. The molecule has 1 unspecified atom stereocenters. The first kappa shape index (κ1) is 17.2. The maximum Gasteiger partial charge on any atom is 0.229 e. The maximum absolute atomic E-state index is 13.2. The summed E-state index contributed by atoms with van der Waals surface area (Å²) in [5.41, 5.74) is 1.39. The van der Waals surface area contributed by atoms with Crippen molar-refractivity contribution in [2.24, 2.45) is 5.92 Å². The fraction of sp³-hybridized carbons (Fsp3) is 0.235. The molecular weight excluding hydrogens is 345 g/mol. The number of carbonyl (C=O) groups is 1. The van der Waals surface area contributed by atoms with Gasteiger partial charge in [-0.25, -0.2) is 4.39 Å². The maximum atomic E-state index is 13.2. The van der Waals surface area contributed by atoms with E-state index >= 15 is 0 Å². The number of carbonyl (C=O) groups excluding carboxylic acids is 1. The zero-order chi connectivity index (χ0) is 17.8. The molecule has 0 saturated carbocycles. The summed E-state index contributed by atoms with van der Waals surface area (Å²) in [6, 6.07) is 6.32. The molecule has 25 heavy (non-hydrogen) atoms. The lowest BCUT2D eigenvalue weighted by atomic mass is 10.1. The summed E-state index contributed by atoms with van der Waals surface area (Å²) in [5, 5.41) is 11.6. The Labute approximate surface area is 149 Å². The average molecular weight is 362 g/mol. The molecule has 0 radical (unpaired) electrons. The van der Waals surface area contributed by atoms with E-state index in [0.717, 1.165) is 5.56 Å². The third-order valence-corrected chi connectivity index (χ3v) is 3.84. The highest BCUT2D eigenvalue weighted by molar-refractivity contribution is 6.30. The largest absolute Gasteiger partial charge is 0.323 e. The Morgan fingerprint density at radius 1 is 1.28 bits per heavy atom. The van der Waals surface area contributed by atoms with Crippen molar-refractivity contribution in [1.82, 2.24) is 19.6 Å². The second-order valence-electron chi connectivity index (χ2n) is 5.83. The lowest BCUT2D eigenvalue weighted by Gasteiger charge is -2.11. The van der Waals surface area contributed by atoms with Gasteiger partial charge < -0.3 is 5.32 Å². The second-order valence-corrected chi connectivity index (χ2v) is 6.26. The third kappa shape index (κ3) is 4.67. The number of amides is 1. The molecule has 2 heterocycles. The molecule has 1 amide bonds. The van der Waals surface area contributed by atoms with Crippen LogP contribution in [0.4, 0.5) is 10.1 Å². The molecule has 1 N–H and O–H groups in total. The van der Waals surface area contributed by atoms with Crippen molar-refractivity contribution >= 4 is 23.2 Å². The van der Waals surface area contributed by atoms with Crippen LogP contribution in [0.2, 0.25) is 5.02 Å². The predicted molar refractivity (Wildman–Crippen MR) is 92.8 cm³/mol. The van der Waals surface area contributed by atoms with Crippen LogP contribution in [0.5, 0.6) is 0 Å². The van der Waals surface area contributed by atoms with Crippen molar-refractivity contribution in [3.63, 3.8) is 0 Å². The quantitative estimate of drug-likeness (QED) is 0.733. The minimum absolute atomic E-state index is 0.142. The van der Waals surface area contributed by atoms with E-state index in [4.69, 9.17) is 11.6 Å². The van der Waals surface area contributed by atoms with Gasteiger partial charge in [0.15, 0.2) is 0 Å². The third-order valence-electron chi connectivity index (χ3n) is 3.64. The SMILES string of the molecule is CC(Cn1cc(Cl)cn1)C(=O)Nc1cnn(Cc2cccc(F)c2)c1. The normalized spacial score (nSPS) is 12.1. The van der Waals surface area contributed by atoms with Crippen molar-refractivity contribution in [1.29, 1.82) is 0 Å². The Bertz CT molecular complexity index is 875. The van der Waals surface area contributed by atoms with Crippen LogP contribution >= 0.6 is 11.6 Å². The van der Waals surface area contributed by atoms with Crippen LogP contribution < -0.4 is 5.32 Å². The van der Waals surface area contributed by atoms with E-state index < -0.39 is 0 Å². The molecule has 2 aromatic heterocycles. The summed E-state index contributed by atoms with van der Waals surface area (Å²) in [4.78, 5) is 12.3. The Morgan fingerprint density at radius 3 is 2.80 bits per heavy atom. The Balaban J connectivity index is 1.57. The van der Waals surface area contributed by atoms with Gasteiger partial charge in [-0.1, -0.05) is 30.7 Å². The van der Waals surface area contributed by atoms with Gasteiger partial charge in [0.25, 0.3) is 0 Å². The molecule has 0 fully saturated rings. The van der Waals surface area contributed by atoms with Crippen LogP contribution in [0.25, 0.3) is 0 Å². The summed E-state index contributed by atoms with van der Waals surface area (Å²) in [6.07, 6.45) is 6.47. The Kier molecular flexibility index (Phi) is 5.14. The van der Waals surface area contributed by atoms with Gasteiger partial charge in [-0.05, 0) is 17.7 Å². The average Bonchev–Trinajstić information content (AvgIpc) is 3.16. The molecule has 6 nitrogen and oxygen atoms in total. The van der Waals surface area contributed by atoms with Gasteiger partial charge >= 0.3 is 0 Å². The van der Waals surface area contributed by atoms with Crippen LogP contribution in [0.1, 0.15) is 12.5 Å². The molecule has 3 rings (SSSR count). The van der Waals surface area contributed by atoms with Gasteiger partial charge in [-0.15, -0.1) is 0 Å². The van der Waals surface area contributed by atoms with E-state index in [-0.39, 0.29) is 17.6 Å². The molecule has 0 aliphatic rings. The molecule has 130 valence electrons. The Morgan fingerprint density at radius 2 is 2.08 bits per heavy atom. The summed E-state index contributed by atoms with van der Waals surface area (Å²) in [7, 11) is 0. The Hall–Kier alpha value is -2.67. The first-order valence-corrected chi connectivity index (χ1v) is 8.13. The van der Waals surface area contributed by atoms with Crippen molar-refractivity contribution in [3.05, 3.63) is 65.5 Å². The molecule has 0 aliphatic heterocycles. The minimum atomic E-state index is -0.289. The van der Waals surface area contributed by atoms with E-state index in [9.17, 15) is 9.18 Å². The zero-order valence-corrected chi connectivity index (χ0v) is 14.3. The summed E-state index contributed by atoms with van der Waals surface area (Å²) in [5.74, 6) is -0.717. The summed E-state index contributed by atoms with van der Waals surface area (Å²) >= 11 is 5.81. The number of nitrogens with one attached hydrogen (secondary N) is 1. The molecule has 8 heteroatoms. The number of nitrogens with zero attached hydrogens (tertiary/aromatic N) is 4. The molecule has 0 saturated heterocycles. The van der Waals surface area contributed by atoms with Crippen LogP contribution in [-0.2, 0) is 17.9 Å². The van der Waals surface area contributed by atoms with Crippen molar-refractivity contribution in [2.45, 2.75) is 20.0 Å². The predicted octanol–water partition coefficient (Wildman–Crippen LogP) is 3.20. The van der Waals surface area contributed by atoms with Crippen molar-refractivity contribution in [2.75, 3.05) is 5.32 Å². The molecule has 0 spiro atoms. The fourth-order valence-electron chi connectivity index (χ4n) is 2.40. The number of aromatic nitrogens is 4. The van der Waals surface area contributed by atoms with E-state index in [0.29, 0.717) is 23.8 Å². The lowest BCUT2D eigenvalue weighted by Crippen LogP contribution is -2.24. The van der Waals surface area contributed by atoms with Crippen molar-refractivity contribution < 1.29 is 9.18 Å². The summed E-state index contributed by atoms with van der Waals surface area (Å²) < 4.78 is 16.5. The van der Waals surface area contributed by atoms with Gasteiger partial charge in [0.05, 0.1) is 42.1 Å². The van der Waals surface area contributed by atoms with Gasteiger partial charge in [0.2, 0.25) is 5.91 Å². The van der Waals surface area contributed by atoms with E-state index in [2.05, 4.69) is 15.5 Å². The van der Waals surface area contributed by atoms with Crippen LogP contribution in [0.15, 0.2) is 49.1 Å². The number of halogens is 2. The highest BCUT2D eigenvalue weighted by Crippen LogP contribution is 2.12. The second kappa shape index (κ2) is 7.48. The van der Waals surface area contributed by atoms with Gasteiger partial charge in [0, 0.05) is 12.4 Å². The van der Waals surface area contributed by atoms with Gasteiger partial charge in [-0.3, -0.25) is 14.2 Å². The highest BCUT2D eigenvalue weighted by Gasteiger charge is 2.15. The van der Waals surface area contributed by atoms with E-state index in [1.165, 1.54) is 18.3 Å². The molecule has 1 atom stereocenters. The zero-order valence-electron chi connectivity index (χ0n) is 13.6. The number of anilines is 1. The number of benzene rings is 1. The van der Waals surface area contributed by atoms with Gasteiger partial charge in [-0.2, -0.15) is 10.2 Å². The first-order chi connectivity index (χ1) is 12.0. The molecule has 3 aromatic rings. The minimum Gasteiger partial charge on any atom is -0.323 e. The van der Waals surface area contributed by atoms with E-state index in [1.807, 2.05) is 13.0 Å². The van der Waals surface area contributed by atoms with Gasteiger partial charge in [0.1, 0.15) is 5.82 Å². The van der Waals surface area contributed by atoms with Crippen LogP contribution in [-0.4, -0.2) is 25.5 Å². The highest BCUT2D eigenvalue weighted by atomic mass is 35.5. The van der Waals surface area contributed by atoms with Crippen molar-refractivity contribution in [3.8, 4) is 0 Å². The number of hydrogen-bond acceptors (Lipinski definition) is 3. The number of rotatable bonds is 6. The molecule has 0 aliphatic carbocycles. The van der Waals surface area contributed by atoms with Crippen LogP contribution in [0.3, 0.4) is 0 Å². The number of hydrogen-bond donors (Lipinski definition) is 1. The fourth-order valence-corrected chi connectivity index (χ4v) is 2.56. The standard InChI is InChI=1S/C17H17ClFN5O/c1-12(8-23-10-14(18)6-20-23)17(25)22-16-7-21-24(11-16)9-13-3-2-4-15(19)5-13/h2-7,10-12H,8-9H2,1H3,(H,22,25). The lowest BCUT2D eigenvalue weighted by molar-refractivity contribution is -0.119. The first-order valence-electron chi connectivity index (χ1n) is 7.75. The van der Waals surface area contributed by atoms with Crippen LogP contribution in [0, 0.1) is 11.7 Å². The molecule has 1 aromatic carbocycles. The monoisotopic (exact) mass is 361 g/mol. The topological polar surface area (TPSA) is 64.7 Å². The summed E-state index contributed by atoms with van der Waals surface area (Å²) in [6.45, 7) is 2.66. The molecular formula is C17H17ClFN5O. The van der Waals surface area contributed by atoms with E-state index in [1.54, 1.807) is 34.0 Å². The smallest absolute Gasteiger partial charge is 0.229 e.